The predicted molar refractivity (Wildman–Crippen MR) is 67.9 cm³/mol. The number of nitrogens with one attached hydrogen (secondary N) is 1. The first kappa shape index (κ1) is 10.5. The summed E-state index contributed by atoms with van der Waals surface area (Å²) in [6, 6.07) is 5.46. The highest BCUT2D eigenvalue weighted by molar-refractivity contribution is 5.85. The van der Waals surface area contributed by atoms with Crippen LogP contribution in [0.5, 0.6) is 5.75 Å². The van der Waals surface area contributed by atoms with Crippen LogP contribution in [-0.4, -0.2) is 25.0 Å². The Hall–Kier alpha value is -2.63. The molecule has 6 nitrogen and oxygen atoms in total. The topological polar surface area (TPSA) is 101 Å². The van der Waals surface area contributed by atoms with Crippen molar-refractivity contribution in [3.63, 3.8) is 0 Å². The molecule has 1 aromatic carbocycles. The quantitative estimate of drug-likeness (QED) is 0.601. The van der Waals surface area contributed by atoms with E-state index in [9.17, 15) is 5.11 Å². The zero-order valence-electron chi connectivity index (χ0n) is 9.68. The molecule has 0 aliphatic rings. The van der Waals surface area contributed by atoms with Crippen molar-refractivity contribution in [2.24, 2.45) is 0 Å². The molecule has 0 bridgehead atoms. The van der Waals surface area contributed by atoms with Gasteiger partial charge >= 0.3 is 0 Å². The lowest BCUT2D eigenvalue weighted by molar-refractivity contribution is 0.473. The number of H-pyrrole nitrogens is 1. The van der Waals surface area contributed by atoms with Crippen molar-refractivity contribution in [1.29, 1.82) is 0 Å². The number of aromatic hydroxyl groups is 1. The number of benzene rings is 1. The fourth-order valence-corrected chi connectivity index (χ4v) is 1.82. The summed E-state index contributed by atoms with van der Waals surface area (Å²) in [7, 11) is 0. The number of phenolic OH excluding ortho intramolecular Hbond substituents is 1. The number of hydrogen-bond donors (Lipinski definition) is 3. The van der Waals surface area contributed by atoms with Gasteiger partial charge in [-0.1, -0.05) is 12.1 Å². The molecular formula is C12H11N5O. The Labute approximate surface area is 103 Å². The fraction of sp³-hybridized carbons (Fsp3) is 0.0833. The van der Waals surface area contributed by atoms with Gasteiger partial charge in [-0.3, -0.25) is 0 Å². The second-order valence-electron chi connectivity index (χ2n) is 4.01. The molecule has 3 rings (SSSR count). The molecule has 0 unspecified atom stereocenters. The highest BCUT2D eigenvalue weighted by Gasteiger charge is 2.12. The molecule has 0 fully saturated rings. The molecule has 3 aromatic rings. The average Bonchev–Trinajstić information content (AvgIpc) is 2.78. The molecule has 4 N–H and O–H groups in total. The van der Waals surface area contributed by atoms with Crippen LogP contribution in [0.1, 0.15) is 5.56 Å². The first-order valence-electron chi connectivity index (χ1n) is 5.42. The normalized spacial score (nSPS) is 10.9. The third-order valence-corrected chi connectivity index (χ3v) is 2.81. The van der Waals surface area contributed by atoms with Gasteiger partial charge in [-0.15, -0.1) is 0 Å². The summed E-state index contributed by atoms with van der Waals surface area (Å²) < 4.78 is 0. The van der Waals surface area contributed by atoms with Gasteiger partial charge in [-0.2, -0.15) is 0 Å². The summed E-state index contributed by atoms with van der Waals surface area (Å²) in [6.07, 6.45) is 1.36. The summed E-state index contributed by atoms with van der Waals surface area (Å²) in [4.78, 5) is 15.2. The van der Waals surface area contributed by atoms with E-state index in [4.69, 9.17) is 5.73 Å². The maximum atomic E-state index is 10.0. The van der Waals surface area contributed by atoms with Crippen molar-refractivity contribution >= 4 is 17.0 Å². The third kappa shape index (κ3) is 1.46. The smallest absolute Gasteiger partial charge is 0.183 e. The largest absolute Gasteiger partial charge is 0.507 e. The summed E-state index contributed by atoms with van der Waals surface area (Å²) >= 11 is 0. The number of nitrogens with two attached hydrogens (primary N) is 1. The number of rotatable bonds is 1. The molecule has 90 valence electrons. The fourth-order valence-electron chi connectivity index (χ4n) is 1.82. The zero-order chi connectivity index (χ0) is 12.7. The van der Waals surface area contributed by atoms with Crippen molar-refractivity contribution in [2.75, 3.05) is 5.73 Å². The van der Waals surface area contributed by atoms with Gasteiger partial charge in [-0.25, -0.2) is 15.0 Å². The SMILES string of the molecule is Cc1cccc(-c2nc3ncnc(N)c3[nH]2)c1O. The average molecular weight is 241 g/mol. The van der Waals surface area contributed by atoms with E-state index in [0.29, 0.717) is 28.4 Å². The van der Waals surface area contributed by atoms with Crippen LogP contribution in [0, 0.1) is 6.92 Å². The van der Waals surface area contributed by atoms with E-state index in [1.165, 1.54) is 6.33 Å². The molecule has 18 heavy (non-hydrogen) atoms. The second-order valence-corrected chi connectivity index (χ2v) is 4.01. The number of phenols is 1. The number of aromatic nitrogens is 4. The Morgan fingerprint density at radius 3 is 2.89 bits per heavy atom. The van der Waals surface area contributed by atoms with Gasteiger partial charge in [0.25, 0.3) is 0 Å². The van der Waals surface area contributed by atoms with E-state index in [1.807, 2.05) is 19.1 Å². The lowest BCUT2D eigenvalue weighted by atomic mass is 10.1. The van der Waals surface area contributed by atoms with E-state index in [0.717, 1.165) is 5.56 Å². The number of anilines is 1. The molecule has 0 aliphatic carbocycles. The van der Waals surface area contributed by atoms with Gasteiger partial charge in [0.1, 0.15) is 23.4 Å². The molecule has 0 radical (unpaired) electrons. The van der Waals surface area contributed by atoms with Crippen LogP contribution in [0.2, 0.25) is 0 Å². The number of fused-ring (bicyclic) bond motifs is 1. The summed E-state index contributed by atoms with van der Waals surface area (Å²) in [5, 5.41) is 10.0. The van der Waals surface area contributed by atoms with Crippen LogP contribution >= 0.6 is 0 Å². The second kappa shape index (κ2) is 3.69. The molecule has 0 aliphatic heterocycles. The molecule has 2 heterocycles. The number of hydrogen-bond acceptors (Lipinski definition) is 5. The minimum atomic E-state index is 0.197. The monoisotopic (exact) mass is 241 g/mol. The van der Waals surface area contributed by atoms with E-state index >= 15 is 0 Å². The maximum absolute atomic E-state index is 10.0. The number of aromatic amines is 1. The molecule has 0 atom stereocenters. The van der Waals surface area contributed by atoms with Crippen molar-refractivity contribution < 1.29 is 5.11 Å². The Morgan fingerprint density at radius 1 is 1.28 bits per heavy atom. The molecule has 0 spiro atoms. The summed E-state index contributed by atoms with van der Waals surface area (Å²) in [5.74, 6) is 1.06. The van der Waals surface area contributed by atoms with Crippen LogP contribution in [0.4, 0.5) is 5.82 Å². The van der Waals surface area contributed by atoms with Gasteiger partial charge in [0.05, 0.1) is 5.56 Å². The maximum Gasteiger partial charge on any atom is 0.183 e. The lowest BCUT2D eigenvalue weighted by Gasteiger charge is -2.03. The number of para-hydroxylation sites is 1. The summed E-state index contributed by atoms with van der Waals surface area (Å²) in [6.45, 7) is 1.83. The highest BCUT2D eigenvalue weighted by atomic mass is 16.3. The van der Waals surface area contributed by atoms with Crippen molar-refractivity contribution in [1.82, 2.24) is 19.9 Å². The molecule has 0 saturated heterocycles. The van der Waals surface area contributed by atoms with Crippen molar-refractivity contribution in [2.45, 2.75) is 6.92 Å². The van der Waals surface area contributed by atoms with Gasteiger partial charge < -0.3 is 15.8 Å². The summed E-state index contributed by atoms with van der Waals surface area (Å²) in [5.41, 5.74) is 8.19. The van der Waals surface area contributed by atoms with Gasteiger partial charge in [0.15, 0.2) is 11.5 Å². The molecule has 2 aromatic heterocycles. The first-order valence-corrected chi connectivity index (χ1v) is 5.42. The standard InChI is InChI=1S/C12H11N5O/c1-6-3-2-4-7(9(6)18)11-16-8-10(13)14-5-15-12(8)17-11/h2-5,18H,1H3,(H3,13,14,15,16,17). The van der Waals surface area contributed by atoms with E-state index in [-0.39, 0.29) is 5.75 Å². The third-order valence-electron chi connectivity index (χ3n) is 2.81. The van der Waals surface area contributed by atoms with E-state index in [2.05, 4.69) is 19.9 Å². The molecule has 6 heteroatoms. The number of nitrogens with zero attached hydrogens (tertiary/aromatic N) is 3. The number of nitrogen functional groups attached to an aromatic ring is 1. The Morgan fingerprint density at radius 2 is 2.11 bits per heavy atom. The van der Waals surface area contributed by atoms with Crippen LogP contribution in [0.3, 0.4) is 0 Å². The minimum Gasteiger partial charge on any atom is -0.507 e. The number of imidazole rings is 1. The van der Waals surface area contributed by atoms with E-state index < -0.39 is 0 Å². The molecule has 0 saturated carbocycles. The Kier molecular flexibility index (Phi) is 2.16. The number of aryl methyl sites for hydroxylation is 1. The zero-order valence-corrected chi connectivity index (χ0v) is 9.68. The van der Waals surface area contributed by atoms with Gasteiger partial charge in [-0.05, 0) is 18.6 Å². The van der Waals surface area contributed by atoms with Crippen molar-refractivity contribution in [3.8, 4) is 17.1 Å². The molecule has 0 amide bonds. The van der Waals surface area contributed by atoms with Crippen LogP contribution in [-0.2, 0) is 0 Å². The Bertz CT molecular complexity index is 734. The van der Waals surface area contributed by atoms with E-state index in [1.54, 1.807) is 6.07 Å². The highest BCUT2D eigenvalue weighted by Crippen LogP contribution is 2.31. The van der Waals surface area contributed by atoms with Crippen LogP contribution in [0.15, 0.2) is 24.5 Å². The predicted octanol–water partition coefficient (Wildman–Crippen LogP) is 1.62. The van der Waals surface area contributed by atoms with Crippen LogP contribution < -0.4 is 5.73 Å². The molecular weight excluding hydrogens is 230 g/mol. The minimum absolute atomic E-state index is 0.197. The van der Waals surface area contributed by atoms with Gasteiger partial charge in [0.2, 0.25) is 0 Å². The van der Waals surface area contributed by atoms with Crippen molar-refractivity contribution in [3.05, 3.63) is 30.1 Å². The Balaban J connectivity index is 2.26. The lowest BCUT2D eigenvalue weighted by Crippen LogP contribution is -1.91. The first-order chi connectivity index (χ1) is 8.66. The van der Waals surface area contributed by atoms with Crippen LogP contribution in [0.25, 0.3) is 22.6 Å². The van der Waals surface area contributed by atoms with Gasteiger partial charge in [0, 0.05) is 0 Å².